The second-order valence-electron chi connectivity index (χ2n) is 12.9. The first-order valence-corrected chi connectivity index (χ1v) is 16.0. The predicted molar refractivity (Wildman–Crippen MR) is 172 cm³/mol. The van der Waals surface area contributed by atoms with E-state index in [2.05, 4.69) is 0 Å². The van der Waals surface area contributed by atoms with Gasteiger partial charge in [0.05, 0.1) is 45.9 Å². The summed E-state index contributed by atoms with van der Waals surface area (Å²) in [6.07, 6.45) is 2.64. The van der Waals surface area contributed by atoms with Gasteiger partial charge < -0.3 is 38.8 Å². The zero-order valence-corrected chi connectivity index (χ0v) is 28.1. The summed E-state index contributed by atoms with van der Waals surface area (Å²) in [5.74, 6) is 0.210. The average molecular weight is 638 g/mol. The molecule has 11 heteroatoms. The smallest absolute Gasteiger partial charge is 0.306 e. The van der Waals surface area contributed by atoms with Crippen molar-refractivity contribution in [3.63, 3.8) is 0 Å². The summed E-state index contributed by atoms with van der Waals surface area (Å²) < 4.78 is 22.9. The molecule has 1 spiro atoms. The molecule has 11 nitrogen and oxygen atoms in total. The van der Waals surface area contributed by atoms with E-state index >= 15 is 0 Å². The molecule has 4 atom stereocenters. The number of carboxylic acids is 1. The van der Waals surface area contributed by atoms with E-state index in [0.29, 0.717) is 74.7 Å². The number of nitrogens with zero attached hydrogens (tertiary/aromatic N) is 3. The lowest BCUT2D eigenvalue weighted by Crippen LogP contribution is -2.63. The number of rotatable bonds is 9. The molecule has 0 radical (unpaired) electrons. The zero-order valence-electron chi connectivity index (χ0n) is 28.1. The van der Waals surface area contributed by atoms with E-state index in [-0.39, 0.29) is 18.2 Å². The molecule has 46 heavy (non-hydrogen) atoms. The molecule has 1 saturated carbocycles. The van der Waals surface area contributed by atoms with Crippen molar-refractivity contribution in [3.8, 4) is 23.0 Å². The fourth-order valence-electron chi connectivity index (χ4n) is 8.16. The predicted octanol–water partition coefficient (Wildman–Crippen LogP) is 3.90. The van der Waals surface area contributed by atoms with Crippen LogP contribution in [0.5, 0.6) is 23.0 Å². The molecule has 0 bridgehead atoms. The van der Waals surface area contributed by atoms with Crippen molar-refractivity contribution in [1.82, 2.24) is 14.7 Å². The van der Waals surface area contributed by atoms with Crippen LogP contribution in [0.3, 0.4) is 0 Å². The molecule has 2 aromatic rings. The summed E-state index contributed by atoms with van der Waals surface area (Å²) >= 11 is 0. The Kier molecular flexibility index (Phi) is 9.72. The lowest BCUT2D eigenvalue weighted by Gasteiger charge is -2.59. The van der Waals surface area contributed by atoms with Crippen LogP contribution in [0.2, 0.25) is 0 Å². The molecule has 5 rings (SSSR count). The van der Waals surface area contributed by atoms with Gasteiger partial charge in [0, 0.05) is 38.9 Å². The lowest BCUT2D eigenvalue weighted by molar-refractivity contribution is -0.157. The molecule has 0 saturated heterocycles. The monoisotopic (exact) mass is 637 g/mol. The van der Waals surface area contributed by atoms with Crippen LogP contribution in [0.15, 0.2) is 24.3 Å². The molecule has 2 aliphatic heterocycles. The van der Waals surface area contributed by atoms with Gasteiger partial charge in [-0.2, -0.15) is 0 Å². The quantitative estimate of drug-likeness (QED) is 0.437. The topological polar surface area (TPSA) is 118 Å². The Morgan fingerprint density at radius 1 is 0.891 bits per heavy atom. The second kappa shape index (κ2) is 13.4. The number of amides is 2. The van der Waals surface area contributed by atoms with Gasteiger partial charge in [0.25, 0.3) is 0 Å². The number of carbonyl (C=O) groups excluding carboxylic acids is 2. The van der Waals surface area contributed by atoms with E-state index in [9.17, 15) is 19.5 Å². The van der Waals surface area contributed by atoms with E-state index in [1.165, 1.54) is 0 Å². The van der Waals surface area contributed by atoms with Gasteiger partial charge in [-0.3, -0.25) is 14.4 Å². The number of ether oxygens (including phenoxy) is 4. The third kappa shape index (κ3) is 5.74. The Bertz CT molecular complexity index is 1490. The minimum absolute atomic E-state index is 0.00521. The van der Waals surface area contributed by atoms with E-state index in [1.54, 1.807) is 35.4 Å². The molecule has 1 fully saturated rings. The minimum atomic E-state index is -0.914. The van der Waals surface area contributed by atoms with E-state index < -0.39 is 29.4 Å². The van der Waals surface area contributed by atoms with Crippen molar-refractivity contribution in [2.75, 3.05) is 62.2 Å². The number of methoxy groups -OCH3 is 4. The summed E-state index contributed by atoms with van der Waals surface area (Å²) in [7, 11) is 10.3. The van der Waals surface area contributed by atoms with Crippen molar-refractivity contribution in [1.29, 1.82) is 0 Å². The Hall–Kier alpha value is -3.99. The molecule has 2 aromatic carbocycles. The van der Waals surface area contributed by atoms with Crippen LogP contribution >= 0.6 is 0 Å². The van der Waals surface area contributed by atoms with Crippen molar-refractivity contribution in [3.05, 3.63) is 46.5 Å². The van der Waals surface area contributed by atoms with Crippen molar-refractivity contribution >= 4 is 17.8 Å². The van der Waals surface area contributed by atoms with Crippen LogP contribution < -0.4 is 18.9 Å². The molecule has 4 unspecified atom stereocenters. The Morgan fingerprint density at radius 3 is 2.07 bits per heavy atom. The third-order valence-electron chi connectivity index (χ3n) is 10.3. The first-order chi connectivity index (χ1) is 22.0. The van der Waals surface area contributed by atoms with Crippen molar-refractivity contribution < 1.29 is 38.4 Å². The highest BCUT2D eigenvalue weighted by Crippen LogP contribution is 2.59. The molecule has 250 valence electrons. The number of hydrogen-bond acceptors (Lipinski definition) is 8. The van der Waals surface area contributed by atoms with Gasteiger partial charge in [-0.25, -0.2) is 0 Å². The fraction of sp³-hybridized carbons (Fsp3) is 0.571. The van der Waals surface area contributed by atoms with Gasteiger partial charge in [-0.05, 0) is 92.7 Å². The lowest BCUT2D eigenvalue weighted by atomic mass is 9.58. The van der Waals surface area contributed by atoms with Crippen molar-refractivity contribution in [2.45, 2.75) is 57.0 Å². The summed E-state index contributed by atoms with van der Waals surface area (Å²) in [6.45, 7) is 3.07. The van der Waals surface area contributed by atoms with Gasteiger partial charge in [0.15, 0.2) is 23.0 Å². The highest BCUT2D eigenvalue weighted by molar-refractivity contribution is 5.79. The highest BCUT2D eigenvalue weighted by Gasteiger charge is 2.58. The van der Waals surface area contributed by atoms with Crippen LogP contribution in [-0.4, -0.2) is 99.8 Å². The number of aliphatic carboxylic acids is 1. The average Bonchev–Trinajstić information content (AvgIpc) is 3.05. The fourth-order valence-corrected chi connectivity index (χ4v) is 8.16. The summed E-state index contributed by atoms with van der Waals surface area (Å²) in [4.78, 5) is 46.4. The van der Waals surface area contributed by atoms with Gasteiger partial charge in [-0.15, -0.1) is 0 Å². The number of carbonyl (C=O) groups is 3. The van der Waals surface area contributed by atoms with Crippen LogP contribution in [-0.2, 0) is 32.8 Å². The minimum Gasteiger partial charge on any atom is -0.493 e. The molecule has 0 aromatic heterocycles. The first-order valence-electron chi connectivity index (χ1n) is 16.0. The second-order valence-corrected chi connectivity index (χ2v) is 12.9. The number of benzene rings is 2. The van der Waals surface area contributed by atoms with E-state index in [4.69, 9.17) is 18.9 Å². The standard InChI is InChI=1S/C35H47N3O8/c1-21(39)37-14-9-22-17-28(43-4)30(45-6)19-25(22)33(37)27-16-24(34(41)42)8-12-35(27)26-20-31(46-7)29(44-5)18-23(26)10-15-38(35)32(40)11-13-36(2)3/h17-20,24,27,33H,8-16H2,1-7H3,(H,41,42). The molecular formula is C35H47N3O8. The number of fused-ring (bicyclic) bond motifs is 3. The summed E-state index contributed by atoms with van der Waals surface area (Å²) in [5, 5.41) is 10.4. The largest absolute Gasteiger partial charge is 0.493 e. The Labute approximate surface area is 271 Å². The number of hydrogen-bond donors (Lipinski definition) is 1. The molecular weight excluding hydrogens is 590 g/mol. The SMILES string of the molecule is COc1cc2c(cc1OC)C(C1CC(C(=O)O)CCC13c1cc(OC)c(OC)cc1CCN3C(=O)CCN(C)C)N(C(C)=O)CC2. The van der Waals surface area contributed by atoms with Gasteiger partial charge in [0.2, 0.25) is 11.8 Å². The summed E-state index contributed by atoms with van der Waals surface area (Å²) in [6, 6.07) is 7.34. The third-order valence-corrected chi connectivity index (χ3v) is 10.3. The van der Waals surface area contributed by atoms with Gasteiger partial charge >= 0.3 is 5.97 Å². The Balaban J connectivity index is 1.81. The molecule has 1 N–H and O–H groups in total. The summed E-state index contributed by atoms with van der Waals surface area (Å²) in [5.41, 5.74) is 2.96. The maximum absolute atomic E-state index is 14.4. The normalized spacial score (nSPS) is 23.9. The molecule has 1 aliphatic carbocycles. The molecule has 3 aliphatic rings. The van der Waals surface area contributed by atoms with Crippen LogP contribution in [0.1, 0.15) is 60.9 Å². The highest BCUT2D eigenvalue weighted by atomic mass is 16.5. The molecule has 2 heterocycles. The van der Waals surface area contributed by atoms with Crippen LogP contribution in [0.25, 0.3) is 0 Å². The van der Waals surface area contributed by atoms with Crippen LogP contribution in [0.4, 0.5) is 0 Å². The Morgan fingerprint density at radius 2 is 1.48 bits per heavy atom. The van der Waals surface area contributed by atoms with Gasteiger partial charge in [-0.1, -0.05) is 0 Å². The number of carboxylic acid groups (broad SMARTS) is 1. The van der Waals surface area contributed by atoms with Crippen LogP contribution in [0, 0.1) is 11.8 Å². The maximum Gasteiger partial charge on any atom is 0.306 e. The van der Waals surface area contributed by atoms with E-state index in [1.807, 2.05) is 53.1 Å². The van der Waals surface area contributed by atoms with Gasteiger partial charge in [0.1, 0.15) is 0 Å². The maximum atomic E-state index is 14.4. The van der Waals surface area contributed by atoms with Crippen molar-refractivity contribution in [2.24, 2.45) is 11.8 Å². The molecule has 2 amide bonds. The zero-order chi connectivity index (χ0) is 33.3. The van der Waals surface area contributed by atoms with E-state index in [0.717, 1.165) is 22.3 Å². The first kappa shape index (κ1) is 33.4.